The quantitative estimate of drug-likeness (QED) is 0.889. The number of carbonyl (C=O) groups excluding carboxylic acids is 2. The van der Waals surface area contributed by atoms with Gasteiger partial charge in [0.25, 0.3) is 11.8 Å². The molecule has 2 aromatic rings. The number of nitrogens with one attached hydrogen (secondary N) is 1. The monoisotopic (exact) mass is 318 g/mol. The third-order valence-corrected chi connectivity index (χ3v) is 3.22. The highest BCUT2D eigenvalue weighted by atomic mass is 35.5. The van der Waals surface area contributed by atoms with Crippen molar-refractivity contribution in [3.63, 3.8) is 0 Å². The van der Waals surface area contributed by atoms with Gasteiger partial charge in [0, 0.05) is 0 Å². The van der Waals surface area contributed by atoms with E-state index in [0.29, 0.717) is 10.7 Å². The fraction of sp³-hybridized carbons (Fsp3) is 0.125. The average Bonchev–Trinajstić information content (AvgIpc) is 2.48. The average molecular weight is 319 g/mol. The van der Waals surface area contributed by atoms with E-state index in [1.165, 1.54) is 6.07 Å². The summed E-state index contributed by atoms with van der Waals surface area (Å²) in [6, 6.07) is 11.8. The second kappa shape index (κ2) is 6.95. The van der Waals surface area contributed by atoms with Crippen LogP contribution in [0.1, 0.15) is 15.9 Å². The number of anilines is 1. The second-order valence-corrected chi connectivity index (χ2v) is 5.09. The lowest BCUT2D eigenvalue weighted by atomic mass is 10.2. The van der Waals surface area contributed by atoms with E-state index in [0.717, 1.165) is 5.56 Å². The van der Waals surface area contributed by atoms with Crippen molar-refractivity contribution in [2.45, 2.75) is 6.92 Å². The van der Waals surface area contributed by atoms with Crippen LogP contribution in [-0.4, -0.2) is 18.4 Å². The Bertz CT molecular complexity index is 716. The molecule has 0 aliphatic carbocycles. The van der Waals surface area contributed by atoms with Crippen LogP contribution < -0.4 is 15.8 Å². The number of benzene rings is 2. The fourth-order valence-corrected chi connectivity index (χ4v) is 2.13. The minimum atomic E-state index is -0.613. The maximum absolute atomic E-state index is 11.9. The van der Waals surface area contributed by atoms with Crippen LogP contribution in [0.25, 0.3) is 0 Å². The summed E-state index contributed by atoms with van der Waals surface area (Å²) in [4.78, 5) is 23.2. The first-order chi connectivity index (χ1) is 10.5. The summed E-state index contributed by atoms with van der Waals surface area (Å²) in [5.74, 6) is -0.734. The standard InChI is InChI=1S/C16H15ClN2O3/c1-10-6-7-13(12(17)8-10)19-15(20)9-22-14-5-3-2-4-11(14)16(18)21/h2-8H,9H2,1H3,(H2,18,21)(H,19,20). The van der Waals surface area contributed by atoms with Crippen LogP contribution in [0.2, 0.25) is 5.02 Å². The van der Waals surface area contributed by atoms with Gasteiger partial charge in [-0.05, 0) is 36.8 Å². The number of amides is 2. The molecule has 0 radical (unpaired) electrons. The van der Waals surface area contributed by atoms with Gasteiger partial charge in [0.2, 0.25) is 0 Å². The normalized spacial score (nSPS) is 10.1. The molecule has 0 fully saturated rings. The van der Waals surface area contributed by atoms with Gasteiger partial charge in [0.1, 0.15) is 5.75 Å². The van der Waals surface area contributed by atoms with Gasteiger partial charge in [-0.15, -0.1) is 0 Å². The Hall–Kier alpha value is -2.53. The summed E-state index contributed by atoms with van der Waals surface area (Å²) in [5.41, 5.74) is 6.97. The van der Waals surface area contributed by atoms with Gasteiger partial charge in [-0.2, -0.15) is 0 Å². The highest BCUT2D eigenvalue weighted by molar-refractivity contribution is 6.33. The molecule has 0 aliphatic heterocycles. The summed E-state index contributed by atoms with van der Waals surface area (Å²) >= 11 is 6.04. The Kier molecular flexibility index (Phi) is 5.01. The molecule has 0 bridgehead atoms. The maximum Gasteiger partial charge on any atom is 0.262 e. The second-order valence-electron chi connectivity index (χ2n) is 4.68. The molecule has 6 heteroatoms. The van der Waals surface area contributed by atoms with Crippen molar-refractivity contribution in [1.29, 1.82) is 0 Å². The summed E-state index contributed by atoms with van der Waals surface area (Å²) < 4.78 is 5.34. The number of hydrogen-bond donors (Lipinski definition) is 2. The van der Waals surface area contributed by atoms with Crippen molar-refractivity contribution < 1.29 is 14.3 Å². The topological polar surface area (TPSA) is 81.4 Å². The molecule has 0 saturated carbocycles. The number of primary amides is 1. The lowest BCUT2D eigenvalue weighted by molar-refractivity contribution is -0.118. The molecule has 3 N–H and O–H groups in total. The van der Waals surface area contributed by atoms with E-state index >= 15 is 0 Å². The number of ether oxygens (including phenoxy) is 1. The van der Waals surface area contributed by atoms with Gasteiger partial charge < -0.3 is 15.8 Å². The molecule has 5 nitrogen and oxygen atoms in total. The zero-order chi connectivity index (χ0) is 16.1. The third kappa shape index (κ3) is 3.99. The highest BCUT2D eigenvalue weighted by Gasteiger charge is 2.11. The van der Waals surface area contributed by atoms with E-state index in [-0.39, 0.29) is 23.8 Å². The van der Waals surface area contributed by atoms with Crippen LogP contribution in [-0.2, 0) is 4.79 Å². The lowest BCUT2D eigenvalue weighted by Gasteiger charge is -2.11. The van der Waals surface area contributed by atoms with Crippen molar-refractivity contribution in [2.24, 2.45) is 5.73 Å². The molecule has 0 saturated heterocycles. The minimum Gasteiger partial charge on any atom is -0.483 e. The first-order valence-corrected chi connectivity index (χ1v) is 6.93. The van der Waals surface area contributed by atoms with Gasteiger partial charge in [-0.3, -0.25) is 9.59 Å². The molecular weight excluding hydrogens is 304 g/mol. The lowest BCUT2D eigenvalue weighted by Crippen LogP contribution is -2.21. The summed E-state index contributed by atoms with van der Waals surface area (Å²) in [6.07, 6.45) is 0. The summed E-state index contributed by atoms with van der Waals surface area (Å²) in [6.45, 7) is 1.65. The Labute approximate surface area is 133 Å². The van der Waals surface area contributed by atoms with Crippen molar-refractivity contribution in [3.8, 4) is 5.75 Å². The van der Waals surface area contributed by atoms with Crippen LogP contribution >= 0.6 is 11.6 Å². The van der Waals surface area contributed by atoms with E-state index in [1.807, 2.05) is 13.0 Å². The van der Waals surface area contributed by atoms with Crippen LogP contribution in [0.15, 0.2) is 42.5 Å². The number of rotatable bonds is 5. The van der Waals surface area contributed by atoms with Gasteiger partial charge in [-0.1, -0.05) is 29.8 Å². The van der Waals surface area contributed by atoms with Crippen molar-refractivity contribution in [2.75, 3.05) is 11.9 Å². The molecule has 22 heavy (non-hydrogen) atoms. The predicted octanol–water partition coefficient (Wildman–Crippen LogP) is 2.76. The molecule has 0 aliphatic rings. The SMILES string of the molecule is Cc1ccc(NC(=O)COc2ccccc2C(N)=O)c(Cl)c1. The Morgan fingerprint density at radius 2 is 1.95 bits per heavy atom. The van der Waals surface area contributed by atoms with E-state index in [9.17, 15) is 9.59 Å². The van der Waals surface area contributed by atoms with Crippen molar-refractivity contribution >= 4 is 29.1 Å². The van der Waals surface area contributed by atoms with E-state index in [4.69, 9.17) is 22.1 Å². The Morgan fingerprint density at radius 1 is 1.23 bits per heavy atom. The molecule has 2 amide bonds. The van der Waals surface area contributed by atoms with Crippen molar-refractivity contribution in [1.82, 2.24) is 0 Å². The van der Waals surface area contributed by atoms with E-state index < -0.39 is 5.91 Å². The molecule has 2 aromatic carbocycles. The summed E-state index contributed by atoms with van der Waals surface area (Å²) in [5, 5.41) is 3.09. The van der Waals surface area contributed by atoms with Crippen LogP contribution in [0, 0.1) is 6.92 Å². The molecule has 114 valence electrons. The van der Waals surface area contributed by atoms with Crippen LogP contribution in [0.3, 0.4) is 0 Å². The molecule has 0 atom stereocenters. The summed E-state index contributed by atoms with van der Waals surface area (Å²) in [7, 11) is 0. The first-order valence-electron chi connectivity index (χ1n) is 6.55. The zero-order valence-electron chi connectivity index (χ0n) is 11.9. The number of halogens is 1. The number of aryl methyl sites for hydroxylation is 1. The van der Waals surface area contributed by atoms with Crippen molar-refractivity contribution in [3.05, 3.63) is 58.6 Å². The molecule has 0 spiro atoms. The highest BCUT2D eigenvalue weighted by Crippen LogP contribution is 2.23. The Morgan fingerprint density at radius 3 is 2.64 bits per heavy atom. The number of nitrogens with two attached hydrogens (primary N) is 1. The number of hydrogen-bond acceptors (Lipinski definition) is 3. The largest absolute Gasteiger partial charge is 0.483 e. The molecule has 0 aromatic heterocycles. The van der Waals surface area contributed by atoms with Gasteiger partial charge in [-0.25, -0.2) is 0 Å². The number of carbonyl (C=O) groups is 2. The fourth-order valence-electron chi connectivity index (χ4n) is 1.85. The smallest absolute Gasteiger partial charge is 0.262 e. The maximum atomic E-state index is 11.9. The van der Waals surface area contributed by atoms with Gasteiger partial charge >= 0.3 is 0 Å². The van der Waals surface area contributed by atoms with E-state index in [2.05, 4.69) is 5.32 Å². The first kappa shape index (κ1) is 15.9. The molecule has 0 heterocycles. The van der Waals surface area contributed by atoms with Gasteiger partial charge in [0.05, 0.1) is 16.3 Å². The van der Waals surface area contributed by atoms with Crippen LogP contribution in [0.4, 0.5) is 5.69 Å². The zero-order valence-corrected chi connectivity index (χ0v) is 12.7. The predicted molar refractivity (Wildman–Crippen MR) is 85.3 cm³/mol. The van der Waals surface area contributed by atoms with Gasteiger partial charge in [0.15, 0.2) is 6.61 Å². The molecule has 2 rings (SSSR count). The Balaban J connectivity index is 2.00. The minimum absolute atomic E-state index is 0.226. The number of para-hydroxylation sites is 1. The van der Waals surface area contributed by atoms with E-state index in [1.54, 1.807) is 30.3 Å². The molecular formula is C16H15ClN2O3. The third-order valence-electron chi connectivity index (χ3n) is 2.91. The molecule has 0 unspecified atom stereocenters. The van der Waals surface area contributed by atoms with Crippen LogP contribution in [0.5, 0.6) is 5.75 Å².